The van der Waals surface area contributed by atoms with E-state index in [4.69, 9.17) is 0 Å². The number of hydrogen-bond donors (Lipinski definition) is 0. The van der Waals surface area contributed by atoms with Gasteiger partial charge in [0.25, 0.3) is 0 Å². The minimum absolute atomic E-state index is 0.0162. The Hall–Kier alpha value is -0.670. The van der Waals surface area contributed by atoms with E-state index in [0.717, 1.165) is 22.6 Å². The second kappa shape index (κ2) is 6.48. The van der Waals surface area contributed by atoms with E-state index in [2.05, 4.69) is 26.0 Å². The standard InChI is InChI=1S/C15H19FS2/c1-3-4-5-6-7-13-12(16)10-15(18-13)14-9-8-11(2)17-14/h8-10H,3-7H2,1-2H3. The molecular weight excluding hydrogens is 263 g/mol. The summed E-state index contributed by atoms with van der Waals surface area (Å²) in [6, 6.07) is 5.88. The van der Waals surface area contributed by atoms with Crippen molar-refractivity contribution < 1.29 is 4.39 Å². The van der Waals surface area contributed by atoms with Gasteiger partial charge in [0.1, 0.15) is 5.82 Å². The van der Waals surface area contributed by atoms with Crippen LogP contribution in [0.15, 0.2) is 18.2 Å². The fraction of sp³-hybridized carbons (Fsp3) is 0.467. The van der Waals surface area contributed by atoms with Gasteiger partial charge in [0.15, 0.2) is 0 Å². The van der Waals surface area contributed by atoms with Crippen LogP contribution in [-0.2, 0) is 6.42 Å². The Kier molecular flexibility index (Phi) is 4.95. The molecular formula is C15H19FS2. The van der Waals surface area contributed by atoms with Gasteiger partial charge in [-0.25, -0.2) is 4.39 Å². The van der Waals surface area contributed by atoms with Gasteiger partial charge in [-0.1, -0.05) is 26.2 Å². The largest absolute Gasteiger partial charge is 0.206 e. The molecule has 0 aliphatic carbocycles. The fourth-order valence-electron chi connectivity index (χ4n) is 1.98. The molecule has 2 aromatic rings. The summed E-state index contributed by atoms with van der Waals surface area (Å²) < 4.78 is 13.8. The van der Waals surface area contributed by atoms with Crippen molar-refractivity contribution in [1.29, 1.82) is 0 Å². The van der Waals surface area contributed by atoms with Crippen LogP contribution in [0.1, 0.15) is 42.4 Å². The Bertz CT molecular complexity index is 496. The second-order valence-electron chi connectivity index (χ2n) is 4.60. The molecule has 0 bridgehead atoms. The molecule has 0 atom stereocenters. The Balaban J connectivity index is 2.02. The van der Waals surface area contributed by atoms with Crippen LogP contribution in [0, 0.1) is 12.7 Å². The van der Waals surface area contributed by atoms with Gasteiger partial charge >= 0.3 is 0 Å². The number of aryl methyl sites for hydroxylation is 2. The maximum Gasteiger partial charge on any atom is 0.137 e. The molecule has 0 fully saturated rings. The Morgan fingerprint density at radius 1 is 1.06 bits per heavy atom. The molecule has 2 aromatic heterocycles. The van der Waals surface area contributed by atoms with Gasteiger partial charge in [-0.3, -0.25) is 0 Å². The predicted molar refractivity (Wildman–Crippen MR) is 80.2 cm³/mol. The zero-order chi connectivity index (χ0) is 13.0. The molecule has 0 saturated carbocycles. The molecule has 0 unspecified atom stereocenters. The first-order valence-corrected chi connectivity index (χ1v) is 8.19. The number of unbranched alkanes of at least 4 members (excludes halogenated alkanes) is 3. The van der Waals surface area contributed by atoms with E-state index in [9.17, 15) is 4.39 Å². The topological polar surface area (TPSA) is 0 Å². The molecule has 0 radical (unpaired) electrons. The monoisotopic (exact) mass is 282 g/mol. The summed E-state index contributed by atoms with van der Waals surface area (Å²) in [6.45, 7) is 4.28. The lowest BCUT2D eigenvalue weighted by Crippen LogP contribution is -1.84. The first-order valence-electron chi connectivity index (χ1n) is 6.55. The van der Waals surface area contributed by atoms with Crippen LogP contribution in [0.25, 0.3) is 9.75 Å². The van der Waals surface area contributed by atoms with Gasteiger partial charge in [-0.15, -0.1) is 22.7 Å². The third-order valence-corrected chi connectivity index (χ3v) is 5.36. The Morgan fingerprint density at radius 2 is 1.89 bits per heavy atom. The van der Waals surface area contributed by atoms with Crippen molar-refractivity contribution in [1.82, 2.24) is 0 Å². The van der Waals surface area contributed by atoms with Crippen molar-refractivity contribution in [2.24, 2.45) is 0 Å². The smallest absolute Gasteiger partial charge is 0.137 e. The Morgan fingerprint density at radius 3 is 2.56 bits per heavy atom. The van der Waals surface area contributed by atoms with E-state index < -0.39 is 0 Å². The molecule has 0 amide bonds. The van der Waals surface area contributed by atoms with Crippen LogP contribution in [0.2, 0.25) is 0 Å². The van der Waals surface area contributed by atoms with E-state index in [0.29, 0.717) is 0 Å². The summed E-state index contributed by atoms with van der Waals surface area (Å²) in [5.41, 5.74) is 0. The lowest BCUT2D eigenvalue weighted by atomic mass is 10.1. The molecule has 0 aromatic carbocycles. The van der Waals surface area contributed by atoms with E-state index in [1.54, 1.807) is 28.7 Å². The molecule has 0 aliphatic rings. The van der Waals surface area contributed by atoms with Gasteiger partial charge in [-0.05, 0) is 38.0 Å². The fourth-order valence-corrected chi connectivity index (χ4v) is 4.01. The Labute approximate surface area is 116 Å². The van der Waals surface area contributed by atoms with Gasteiger partial charge < -0.3 is 0 Å². The van der Waals surface area contributed by atoms with Crippen LogP contribution in [0.4, 0.5) is 4.39 Å². The molecule has 0 N–H and O–H groups in total. The van der Waals surface area contributed by atoms with E-state index in [-0.39, 0.29) is 5.82 Å². The van der Waals surface area contributed by atoms with Crippen molar-refractivity contribution in [2.45, 2.75) is 46.0 Å². The van der Waals surface area contributed by atoms with E-state index in [1.807, 2.05) is 0 Å². The van der Waals surface area contributed by atoms with Crippen LogP contribution in [-0.4, -0.2) is 0 Å². The molecule has 0 spiro atoms. The lowest BCUT2D eigenvalue weighted by molar-refractivity contribution is 0.603. The van der Waals surface area contributed by atoms with Gasteiger partial charge in [-0.2, -0.15) is 0 Å². The summed E-state index contributed by atoms with van der Waals surface area (Å²) in [7, 11) is 0. The van der Waals surface area contributed by atoms with Crippen LogP contribution >= 0.6 is 22.7 Å². The SMILES string of the molecule is CCCCCCc1sc(-c2ccc(C)s2)cc1F. The molecule has 0 nitrogen and oxygen atoms in total. The third-order valence-electron chi connectivity index (χ3n) is 3.00. The second-order valence-corrected chi connectivity index (χ2v) is 7.03. The average Bonchev–Trinajstić information content (AvgIpc) is 2.92. The van der Waals surface area contributed by atoms with Crippen molar-refractivity contribution >= 4 is 22.7 Å². The molecule has 18 heavy (non-hydrogen) atoms. The summed E-state index contributed by atoms with van der Waals surface area (Å²) >= 11 is 3.36. The van der Waals surface area contributed by atoms with Crippen molar-refractivity contribution in [3.63, 3.8) is 0 Å². The first-order chi connectivity index (χ1) is 8.70. The summed E-state index contributed by atoms with van der Waals surface area (Å²) in [6.07, 6.45) is 5.69. The lowest BCUT2D eigenvalue weighted by Gasteiger charge is -1.97. The predicted octanol–water partition coefficient (Wildman–Crippen LogP) is 6.05. The molecule has 98 valence electrons. The highest BCUT2D eigenvalue weighted by Crippen LogP contribution is 2.35. The van der Waals surface area contributed by atoms with Gasteiger partial charge in [0.2, 0.25) is 0 Å². The van der Waals surface area contributed by atoms with Gasteiger partial charge in [0, 0.05) is 19.5 Å². The molecule has 0 aliphatic heterocycles. The van der Waals surface area contributed by atoms with Crippen molar-refractivity contribution in [3.05, 3.63) is 33.8 Å². The molecule has 0 saturated heterocycles. The molecule has 2 heterocycles. The van der Waals surface area contributed by atoms with E-state index in [1.165, 1.54) is 29.0 Å². The zero-order valence-electron chi connectivity index (χ0n) is 11.0. The highest BCUT2D eigenvalue weighted by molar-refractivity contribution is 7.22. The summed E-state index contributed by atoms with van der Waals surface area (Å²) in [5.74, 6) is -0.0162. The normalized spacial score (nSPS) is 11.1. The van der Waals surface area contributed by atoms with Crippen LogP contribution < -0.4 is 0 Å². The van der Waals surface area contributed by atoms with Crippen LogP contribution in [0.5, 0.6) is 0 Å². The van der Waals surface area contributed by atoms with E-state index >= 15 is 0 Å². The number of thiophene rings is 2. The average molecular weight is 282 g/mol. The van der Waals surface area contributed by atoms with Crippen LogP contribution in [0.3, 0.4) is 0 Å². The summed E-state index contributed by atoms with van der Waals surface area (Å²) in [5, 5.41) is 0. The third kappa shape index (κ3) is 3.42. The van der Waals surface area contributed by atoms with Crippen molar-refractivity contribution in [3.8, 4) is 9.75 Å². The molecule has 2 rings (SSSR count). The minimum atomic E-state index is -0.0162. The highest BCUT2D eigenvalue weighted by Gasteiger charge is 2.11. The minimum Gasteiger partial charge on any atom is -0.206 e. The number of hydrogen-bond acceptors (Lipinski definition) is 2. The first kappa shape index (κ1) is 13.8. The highest BCUT2D eigenvalue weighted by atomic mass is 32.1. The number of halogens is 1. The van der Waals surface area contributed by atoms with Gasteiger partial charge in [0.05, 0.1) is 0 Å². The maximum absolute atomic E-state index is 13.8. The maximum atomic E-state index is 13.8. The van der Waals surface area contributed by atoms with Crippen molar-refractivity contribution in [2.75, 3.05) is 0 Å². The zero-order valence-corrected chi connectivity index (χ0v) is 12.6. The molecule has 3 heteroatoms. The number of rotatable bonds is 6. The quantitative estimate of drug-likeness (QED) is 0.566. The summed E-state index contributed by atoms with van der Waals surface area (Å²) in [4.78, 5) is 4.47.